The summed E-state index contributed by atoms with van der Waals surface area (Å²) in [5.41, 5.74) is 0. The van der Waals surface area contributed by atoms with Crippen molar-refractivity contribution in [3.63, 3.8) is 0 Å². The second-order valence-corrected chi connectivity index (χ2v) is 22.4. The molecule has 0 spiro atoms. The Bertz CT molecular complexity index is 1810. The highest BCUT2D eigenvalue weighted by Crippen LogP contribution is 2.46. The molecule has 32 atom stereocenters. The number of rotatable bonds is 19. The van der Waals surface area contributed by atoms with Gasteiger partial charge in [0.1, 0.15) is 140 Å². The van der Waals surface area contributed by atoms with Crippen molar-refractivity contribution in [3.05, 3.63) is 0 Å². The molecule has 32 nitrogen and oxygen atoms in total. The van der Waals surface area contributed by atoms with E-state index in [1.807, 2.05) is 0 Å². The summed E-state index contributed by atoms with van der Waals surface area (Å²) in [4.78, 5) is 25.4. The normalized spacial score (nSPS) is 49.2. The fraction of sp³-hybridized carbons (Fsp3) is 0.951. The highest BCUT2D eigenvalue weighted by atomic mass is 32.0. The van der Waals surface area contributed by atoms with E-state index < -0.39 is 237 Å². The topological polar surface area (TPSA) is 493 Å². The van der Waals surface area contributed by atoms with Gasteiger partial charge in [-0.1, -0.05) is 8.93 Å². The van der Waals surface area contributed by atoms with E-state index in [1.165, 1.54) is 6.92 Å². The second kappa shape index (κ2) is 27.4. The molecule has 6 rings (SSSR count). The Hall–Kier alpha value is -1.32. The van der Waals surface area contributed by atoms with Crippen LogP contribution in [-0.2, 0) is 66.2 Å². The predicted molar refractivity (Wildman–Crippen MR) is 242 cm³/mol. The molecule has 18 N–H and O–H groups in total. The molecule has 6 heterocycles. The lowest BCUT2D eigenvalue weighted by Gasteiger charge is -2.50. The molecule has 0 aromatic heterocycles. The molecule has 0 aromatic rings. The van der Waals surface area contributed by atoms with Crippen LogP contribution in [0.25, 0.3) is 0 Å². The Morgan fingerprint density at radius 2 is 0.840 bits per heavy atom. The number of aliphatic hydroxyl groups excluding tert-OH is 16. The zero-order valence-corrected chi connectivity index (χ0v) is 42.8. The van der Waals surface area contributed by atoms with Crippen LogP contribution in [-0.4, -0.2) is 317 Å². The van der Waals surface area contributed by atoms with Gasteiger partial charge in [0, 0.05) is 21.7 Å². The van der Waals surface area contributed by atoms with Crippen LogP contribution in [0.4, 0.5) is 0 Å². The first-order valence-corrected chi connectivity index (χ1v) is 27.2. The van der Waals surface area contributed by atoms with Crippen molar-refractivity contribution >= 4 is 28.6 Å². The van der Waals surface area contributed by atoms with Gasteiger partial charge < -0.3 is 149 Å². The molecule has 0 radical (unpaired) electrons. The van der Waals surface area contributed by atoms with Crippen LogP contribution in [0.3, 0.4) is 0 Å². The Kier molecular flexibility index (Phi) is 23.0. The van der Waals surface area contributed by atoms with Crippen molar-refractivity contribution in [1.29, 1.82) is 0 Å². The third kappa shape index (κ3) is 14.2. The lowest BCUT2D eigenvalue weighted by atomic mass is 9.94. The Balaban J connectivity index is 1.24. The van der Waals surface area contributed by atoms with Gasteiger partial charge in [-0.15, -0.1) is 0 Å². The maximum atomic E-state index is 12.9. The fourth-order valence-corrected chi connectivity index (χ4v) is 10.2. The number of aliphatic hydroxyl groups is 16. The first kappa shape index (κ1) is 62.9. The largest absolute Gasteiger partial charge is 0.394 e. The van der Waals surface area contributed by atoms with Crippen LogP contribution >= 0.6 is 16.8 Å². The van der Waals surface area contributed by atoms with Gasteiger partial charge in [-0.3, -0.25) is 9.59 Å². The van der Waals surface area contributed by atoms with Crippen LogP contribution in [0.2, 0.25) is 0 Å². The summed E-state index contributed by atoms with van der Waals surface area (Å²) in [7, 11) is 0.852. The number of carbonyl (C=O) groups is 2. The van der Waals surface area contributed by atoms with Crippen molar-refractivity contribution in [2.75, 3.05) is 39.7 Å². The Labute approximate surface area is 431 Å². The molecule has 0 aromatic carbocycles. The van der Waals surface area contributed by atoms with E-state index in [9.17, 15) is 91.3 Å². The van der Waals surface area contributed by atoms with Crippen LogP contribution in [0.1, 0.15) is 20.8 Å². The average molecular weight is 1130 g/mol. The van der Waals surface area contributed by atoms with Gasteiger partial charge in [0.05, 0.1) is 39.1 Å². The number of ether oxygens (including phenoxy) is 11. The molecule has 6 aliphatic heterocycles. The molecule has 14 unspecified atom stereocenters. The van der Waals surface area contributed by atoms with Crippen LogP contribution in [0, 0.1) is 0 Å². The molecule has 6 fully saturated rings. The molecule has 6 saturated heterocycles. The summed E-state index contributed by atoms with van der Waals surface area (Å²) in [6.07, 6.45) is -49.5. The maximum absolute atomic E-state index is 12.9. The van der Waals surface area contributed by atoms with Crippen LogP contribution < -0.4 is 10.6 Å². The molecule has 34 heteroatoms. The summed E-state index contributed by atoms with van der Waals surface area (Å²) < 4.78 is 70.8. The zero-order valence-electron chi connectivity index (χ0n) is 40.8. The molecule has 0 bridgehead atoms. The summed E-state index contributed by atoms with van der Waals surface area (Å²) >= 11 is 0. The van der Waals surface area contributed by atoms with Crippen molar-refractivity contribution in [2.45, 2.75) is 205 Å². The van der Waals surface area contributed by atoms with E-state index in [-0.39, 0.29) is 0 Å². The highest BCUT2D eigenvalue weighted by molar-refractivity contribution is 8.10. The lowest BCUT2D eigenvalue weighted by molar-refractivity contribution is -0.378. The number of amides is 2. The van der Waals surface area contributed by atoms with Crippen molar-refractivity contribution in [1.82, 2.24) is 10.6 Å². The van der Waals surface area contributed by atoms with Gasteiger partial charge in [-0.2, -0.15) is 0 Å². The highest BCUT2D eigenvalue weighted by Gasteiger charge is 2.58. The number of nitrogens with one attached hydrogen (secondary N) is 2. The van der Waals surface area contributed by atoms with E-state index in [1.54, 1.807) is 6.66 Å². The summed E-state index contributed by atoms with van der Waals surface area (Å²) in [5, 5.41) is 176. The van der Waals surface area contributed by atoms with E-state index in [0.29, 0.717) is 0 Å². The molecular weight excluding hydrogens is 1060 g/mol. The zero-order chi connectivity index (χ0) is 55.5. The molecular formula is C41H72N2O30P2. The number of hydrogen-bond acceptors (Lipinski definition) is 30. The van der Waals surface area contributed by atoms with E-state index in [2.05, 4.69) is 19.6 Å². The average Bonchev–Trinajstić information content (AvgIpc) is 3.36. The number of carbonyl (C=O) groups excluding carboxylic acids is 2. The second-order valence-electron chi connectivity index (χ2n) is 18.9. The standard InChI is InChI=1S/C41H72N2O30P2/c1-10-20(50)25(55)29(59)38(63-10)71-34-19(43-12(3)49)36(66-16(8-47)33(34)70-40-31(61)27(57)22(52)14(6-45)65-40)62-9-17-23(53)28(58)35(41(68-17)73-75(4)74)72-37-18(42-11(2)48)24(54)32(15(7-46)67-37)69-39-30(60)26(56)21(51)13(5-44)64-39/h10,13-41,44-47,50-61H,5-9,74H2,1-4H3,(H,42,48)(H,43,49)/t10?,13?,14?,15?,16?,17?,18?,19?,20-,21+,22+,23-,24-,25+,26+,27+,28+,29?,30?,31?,32-,33-,34-,35?,36-,37+,38+,39+,40+,41-,75?/m1/s1. The quantitative estimate of drug-likeness (QED) is 0.0534. The van der Waals surface area contributed by atoms with Gasteiger partial charge in [0.15, 0.2) is 37.7 Å². The van der Waals surface area contributed by atoms with Crippen LogP contribution in [0.15, 0.2) is 0 Å². The predicted octanol–water partition coefficient (Wildman–Crippen LogP) is -10.9. The first-order valence-electron chi connectivity index (χ1n) is 23.8. The summed E-state index contributed by atoms with van der Waals surface area (Å²) in [5.74, 6) is -1.55. The SMILES string of the molecule is CC(=O)NC1[C@H](OC2[C@@H](OP(C)P)OC(CO[C@@H]3OC(CO)[C@@H](O[C@@H]4OC(CO)[C@H](O)[C@H](O)C4O)[C@H](O[C@@H]4OC(C)[C@@H](O)[C@H](O)C4O)C3NC(C)=O)[C@@H](O)[C@@H]2O)OC(CO)[C@@H](O[C@@H]2OC(CO)[C@H](O)[C@H](O)C2O)[C@@H]1O. The smallest absolute Gasteiger partial charge is 0.217 e. The minimum atomic E-state index is -2.02. The third-order valence-electron chi connectivity index (χ3n) is 13.4. The van der Waals surface area contributed by atoms with Gasteiger partial charge >= 0.3 is 0 Å². The van der Waals surface area contributed by atoms with Crippen molar-refractivity contribution < 1.29 is 148 Å². The van der Waals surface area contributed by atoms with Gasteiger partial charge in [-0.05, 0) is 13.6 Å². The molecule has 2 amide bonds. The fourth-order valence-electron chi connectivity index (χ4n) is 9.38. The van der Waals surface area contributed by atoms with Crippen molar-refractivity contribution in [2.24, 2.45) is 0 Å². The molecule has 75 heavy (non-hydrogen) atoms. The van der Waals surface area contributed by atoms with E-state index in [0.717, 1.165) is 13.8 Å². The molecule has 6 aliphatic rings. The Morgan fingerprint density at radius 3 is 1.35 bits per heavy atom. The van der Waals surface area contributed by atoms with E-state index in [4.69, 9.17) is 56.6 Å². The monoisotopic (exact) mass is 1130 g/mol. The van der Waals surface area contributed by atoms with Crippen molar-refractivity contribution in [3.8, 4) is 0 Å². The molecule has 0 aliphatic carbocycles. The minimum Gasteiger partial charge on any atom is -0.394 e. The molecule has 436 valence electrons. The summed E-state index contributed by atoms with van der Waals surface area (Å²) in [6.45, 7) is 0.679. The van der Waals surface area contributed by atoms with Crippen LogP contribution in [0.5, 0.6) is 0 Å². The lowest BCUT2D eigenvalue weighted by Crippen LogP contribution is -2.70. The van der Waals surface area contributed by atoms with Gasteiger partial charge in [0.25, 0.3) is 0 Å². The van der Waals surface area contributed by atoms with E-state index >= 15 is 0 Å². The number of hydrogen-bond donors (Lipinski definition) is 18. The minimum absolute atomic E-state index is 0.767. The van der Waals surface area contributed by atoms with Gasteiger partial charge in [-0.25, -0.2) is 0 Å². The summed E-state index contributed by atoms with van der Waals surface area (Å²) in [6, 6.07) is -3.27. The molecule has 0 saturated carbocycles. The third-order valence-corrected chi connectivity index (χ3v) is 14.3. The van der Waals surface area contributed by atoms with Gasteiger partial charge in [0.2, 0.25) is 11.8 Å². The first-order chi connectivity index (χ1) is 35.4. The Morgan fingerprint density at radius 1 is 0.440 bits per heavy atom. The maximum Gasteiger partial charge on any atom is 0.217 e.